The van der Waals surface area contributed by atoms with Crippen LogP contribution in [0, 0.1) is 0 Å². The minimum absolute atomic E-state index is 0.668. The fraction of sp³-hybridized carbons (Fsp3) is 0. The van der Waals surface area contributed by atoms with Crippen LogP contribution in [0.15, 0.2) is 152 Å². The molecular weight excluding hydrogens is 679 g/mol. The van der Waals surface area contributed by atoms with Crippen molar-refractivity contribution in [2.45, 2.75) is 0 Å². The number of thiophene rings is 3. The molecule has 0 saturated carbocycles. The third-order valence-corrected chi connectivity index (χ3v) is 13.3. The van der Waals surface area contributed by atoms with E-state index >= 15 is 0 Å². The summed E-state index contributed by atoms with van der Waals surface area (Å²) in [6.45, 7) is 0. The van der Waals surface area contributed by atoms with E-state index in [0.717, 1.165) is 16.7 Å². The lowest BCUT2D eigenvalue weighted by Gasteiger charge is -2.10. The Kier molecular flexibility index (Phi) is 6.46. The number of hydrogen-bond donors (Lipinski definition) is 0. The lowest BCUT2D eigenvalue weighted by atomic mass is 10.00. The number of benzene rings is 7. The first-order valence-electron chi connectivity index (χ1n) is 16.8. The van der Waals surface area contributed by atoms with Gasteiger partial charge in [0.05, 0.1) is 0 Å². The van der Waals surface area contributed by atoms with E-state index < -0.39 is 0 Å². The summed E-state index contributed by atoms with van der Waals surface area (Å²) in [5, 5.41) is 7.52. The Balaban J connectivity index is 1.10. The lowest BCUT2D eigenvalue weighted by molar-refractivity contribution is 1.08. The topological polar surface area (TPSA) is 38.7 Å². The van der Waals surface area contributed by atoms with Gasteiger partial charge < -0.3 is 0 Å². The van der Waals surface area contributed by atoms with Crippen molar-refractivity contribution in [1.82, 2.24) is 15.0 Å². The van der Waals surface area contributed by atoms with Crippen molar-refractivity contribution < 1.29 is 0 Å². The Labute approximate surface area is 304 Å². The molecule has 0 fully saturated rings. The molecule has 11 rings (SSSR count). The first kappa shape index (κ1) is 29.0. The molecular formula is C45H25N3S3. The SMILES string of the molecule is c1ccc(-c2nc(-c3ccc4sc5ccc(-c6cccc7c6sc6ccccc67)cc5c4c3)nc(-c3cccc4sc5ccccc5c34)n2)cc1. The summed E-state index contributed by atoms with van der Waals surface area (Å²) in [6, 6.07) is 54.2. The van der Waals surface area contributed by atoms with Crippen molar-refractivity contribution in [2.24, 2.45) is 0 Å². The fourth-order valence-corrected chi connectivity index (χ4v) is 10.8. The molecule has 51 heavy (non-hydrogen) atoms. The summed E-state index contributed by atoms with van der Waals surface area (Å²) < 4.78 is 7.66. The van der Waals surface area contributed by atoms with Gasteiger partial charge in [0, 0.05) is 77.2 Å². The van der Waals surface area contributed by atoms with Crippen LogP contribution in [-0.4, -0.2) is 15.0 Å². The van der Waals surface area contributed by atoms with Crippen LogP contribution in [0.25, 0.3) is 106 Å². The van der Waals surface area contributed by atoms with E-state index in [9.17, 15) is 0 Å². The van der Waals surface area contributed by atoms with Gasteiger partial charge in [0.15, 0.2) is 17.5 Å². The van der Waals surface area contributed by atoms with E-state index in [1.165, 1.54) is 71.6 Å². The third-order valence-electron chi connectivity index (χ3n) is 9.75. The van der Waals surface area contributed by atoms with E-state index in [1.807, 2.05) is 40.9 Å². The number of fused-ring (bicyclic) bond motifs is 9. The second-order valence-corrected chi connectivity index (χ2v) is 16.0. The van der Waals surface area contributed by atoms with Gasteiger partial charge in [0.2, 0.25) is 0 Å². The predicted octanol–water partition coefficient (Wildman–Crippen LogP) is 13.6. The molecule has 0 saturated heterocycles. The average molecular weight is 704 g/mol. The molecule has 0 N–H and O–H groups in total. The highest BCUT2D eigenvalue weighted by atomic mass is 32.1. The zero-order chi connectivity index (χ0) is 33.5. The van der Waals surface area contributed by atoms with Crippen LogP contribution in [0.3, 0.4) is 0 Å². The lowest BCUT2D eigenvalue weighted by Crippen LogP contribution is -2.00. The maximum Gasteiger partial charge on any atom is 0.164 e. The van der Waals surface area contributed by atoms with Crippen LogP contribution in [-0.2, 0) is 0 Å². The zero-order valence-corrected chi connectivity index (χ0v) is 29.4. The Hall–Kier alpha value is -5.79. The fourth-order valence-electron chi connectivity index (χ4n) is 7.36. The summed E-state index contributed by atoms with van der Waals surface area (Å²) >= 11 is 5.51. The Morgan fingerprint density at radius 1 is 0.314 bits per heavy atom. The first-order valence-corrected chi connectivity index (χ1v) is 19.3. The van der Waals surface area contributed by atoms with Gasteiger partial charge in [-0.2, -0.15) is 0 Å². The van der Waals surface area contributed by atoms with Crippen LogP contribution in [0.5, 0.6) is 0 Å². The maximum atomic E-state index is 5.21. The van der Waals surface area contributed by atoms with Gasteiger partial charge >= 0.3 is 0 Å². The molecule has 6 heteroatoms. The van der Waals surface area contributed by atoms with Crippen LogP contribution in [0.2, 0.25) is 0 Å². The molecule has 7 aromatic carbocycles. The molecule has 0 amide bonds. The van der Waals surface area contributed by atoms with Gasteiger partial charge in [-0.05, 0) is 59.7 Å². The Morgan fingerprint density at radius 2 is 0.863 bits per heavy atom. The van der Waals surface area contributed by atoms with Crippen LogP contribution >= 0.6 is 34.0 Å². The number of hydrogen-bond acceptors (Lipinski definition) is 6. The molecule has 3 nitrogen and oxygen atoms in total. The van der Waals surface area contributed by atoms with Crippen LogP contribution in [0.1, 0.15) is 0 Å². The van der Waals surface area contributed by atoms with Crippen molar-refractivity contribution in [2.75, 3.05) is 0 Å². The van der Waals surface area contributed by atoms with E-state index in [1.54, 1.807) is 11.3 Å². The summed E-state index contributed by atoms with van der Waals surface area (Å²) in [7, 11) is 0. The van der Waals surface area contributed by atoms with E-state index in [2.05, 4.69) is 133 Å². The minimum atomic E-state index is 0.668. The molecule has 0 aliphatic rings. The molecule has 0 spiro atoms. The number of aromatic nitrogens is 3. The van der Waals surface area contributed by atoms with Gasteiger partial charge in [0.1, 0.15) is 0 Å². The third kappa shape index (κ3) is 4.65. The quantitative estimate of drug-likeness (QED) is 0.183. The van der Waals surface area contributed by atoms with Crippen molar-refractivity contribution in [3.8, 4) is 45.3 Å². The van der Waals surface area contributed by atoms with E-state index in [-0.39, 0.29) is 0 Å². The highest BCUT2D eigenvalue weighted by molar-refractivity contribution is 7.27. The van der Waals surface area contributed by atoms with Crippen LogP contribution < -0.4 is 0 Å². The molecule has 0 unspecified atom stereocenters. The number of rotatable bonds is 4. The van der Waals surface area contributed by atoms with Gasteiger partial charge in [-0.25, -0.2) is 15.0 Å². The average Bonchev–Trinajstić information content (AvgIpc) is 3.89. The molecule has 0 bridgehead atoms. The van der Waals surface area contributed by atoms with Crippen LogP contribution in [0.4, 0.5) is 0 Å². The first-order chi connectivity index (χ1) is 25.2. The normalized spacial score (nSPS) is 11.9. The summed E-state index contributed by atoms with van der Waals surface area (Å²) in [5.74, 6) is 2.02. The van der Waals surface area contributed by atoms with Gasteiger partial charge in [-0.1, -0.05) is 103 Å². The molecule has 238 valence electrons. The maximum absolute atomic E-state index is 5.21. The molecule has 11 aromatic rings. The van der Waals surface area contributed by atoms with Gasteiger partial charge in [-0.3, -0.25) is 0 Å². The Bertz CT molecular complexity index is 3150. The molecule has 4 heterocycles. The van der Waals surface area contributed by atoms with E-state index in [4.69, 9.17) is 15.0 Å². The Morgan fingerprint density at radius 3 is 1.69 bits per heavy atom. The molecule has 4 aromatic heterocycles. The molecule has 0 atom stereocenters. The highest BCUT2D eigenvalue weighted by Gasteiger charge is 2.18. The largest absolute Gasteiger partial charge is 0.208 e. The van der Waals surface area contributed by atoms with E-state index in [0.29, 0.717) is 17.5 Å². The molecule has 0 aliphatic carbocycles. The second-order valence-electron chi connectivity index (χ2n) is 12.8. The monoisotopic (exact) mass is 703 g/mol. The standard InChI is InChI=1S/C45H25N3S3/c1-2-10-26(11-3-1)43-46-44(48-45(47-43)33-16-9-19-40-41(33)32-13-5-7-18-37(32)50-40)28-21-23-39-35(25-28)34-24-27(20-22-38(34)49-39)29-14-8-15-31-30-12-4-6-17-36(30)51-42(29)31/h1-25H. The minimum Gasteiger partial charge on any atom is -0.208 e. The highest BCUT2D eigenvalue weighted by Crippen LogP contribution is 2.44. The van der Waals surface area contributed by atoms with Gasteiger partial charge in [0.25, 0.3) is 0 Å². The summed E-state index contributed by atoms with van der Waals surface area (Å²) in [6.07, 6.45) is 0. The van der Waals surface area contributed by atoms with Crippen molar-refractivity contribution in [1.29, 1.82) is 0 Å². The van der Waals surface area contributed by atoms with Crippen molar-refractivity contribution >= 4 is 94.5 Å². The van der Waals surface area contributed by atoms with Gasteiger partial charge in [-0.15, -0.1) is 34.0 Å². The predicted molar refractivity (Wildman–Crippen MR) is 220 cm³/mol. The van der Waals surface area contributed by atoms with Crippen molar-refractivity contribution in [3.63, 3.8) is 0 Å². The molecule has 0 aliphatic heterocycles. The van der Waals surface area contributed by atoms with Crippen molar-refractivity contribution in [3.05, 3.63) is 152 Å². The second kappa shape index (κ2) is 11.4. The molecule has 0 radical (unpaired) electrons. The smallest absolute Gasteiger partial charge is 0.164 e. The zero-order valence-electron chi connectivity index (χ0n) is 27.0. The number of nitrogens with zero attached hydrogens (tertiary/aromatic N) is 3. The summed E-state index contributed by atoms with van der Waals surface area (Å²) in [4.78, 5) is 15.4. The summed E-state index contributed by atoms with van der Waals surface area (Å²) in [5.41, 5.74) is 5.47.